The van der Waals surface area contributed by atoms with Crippen LogP contribution in [0.1, 0.15) is 33.1 Å². The van der Waals surface area contributed by atoms with E-state index in [0.29, 0.717) is 5.25 Å². The molecule has 0 aliphatic carbocycles. The maximum absolute atomic E-state index is 5.20. The molecule has 0 fully saturated rings. The van der Waals surface area contributed by atoms with Crippen molar-refractivity contribution in [3.8, 4) is 0 Å². The summed E-state index contributed by atoms with van der Waals surface area (Å²) in [5.41, 5.74) is 0. The summed E-state index contributed by atoms with van der Waals surface area (Å²) in [6.45, 7) is 5.90. The Morgan fingerprint density at radius 1 is 1.30 bits per heavy atom. The Balaban J connectivity index is 2.97. The van der Waals surface area contributed by atoms with Crippen LogP contribution in [0.4, 0.5) is 0 Å². The van der Waals surface area contributed by atoms with E-state index in [9.17, 15) is 0 Å². The van der Waals surface area contributed by atoms with E-state index in [0.717, 1.165) is 19.6 Å². The van der Waals surface area contributed by atoms with Crippen LogP contribution in [0.25, 0.3) is 0 Å². The normalized spacial score (nSPS) is 13.5. The molecule has 0 aliphatic heterocycles. The van der Waals surface area contributed by atoms with Gasteiger partial charge >= 0.3 is 0 Å². The highest BCUT2D eigenvalue weighted by Gasteiger charge is 1.99. The lowest BCUT2D eigenvalue weighted by atomic mass is 10.2. The number of thiol groups is 1. The van der Waals surface area contributed by atoms with Gasteiger partial charge in [-0.3, -0.25) is 0 Å². The molecule has 0 aromatic rings. The second-order valence-corrected chi connectivity index (χ2v) is 3.16. The topological polar surface area (TPSA) is 9.23 Å². The molecule has 0 N–H and O–H groups in total. The molecular formula is C8H18OS. The molecule has 0 aliphatic rings. The van der Waals surface area contributed by atoms with Crippen molar-refractivity contribution < 1.29 is 4.74 Å². The highest BCUT2D eigenvalue weighted by molar-refractivity contribution is 7.80. The second-order valence-electron chi connectivity index (χ2n) is 2.43. The Bertz CT molecular complexity index is 66.3. The molecule has 1 atom stereocenters. The third kappa shape index (κ3) is 6.43. The summed E-state index contributed by atoms with van der Waals surface area (Å²) in [5.74, 6) is 0. The standard InChI is InChI=1S/C8H18OS/c1-3-5-8(10)6-7-9-4-2/h8,10H,3-7H2,1-2H3. The second kappa shape index (κ2) is 7.42. The van der Waals surface area contributed by atoms with Gasteiger partial charge in [0.1, 0.15) is 0 Å². The van der Waals surface area contributed by atoms with Gasteiger partial charge in [-0.1, -0.05) is 13.3 Å². The number of ether oxygens (including phenoxy) is 1. The highest BCUT2D eigenvalue weighted by Crippen LogP contribution is 2.08. The SMILES string of the molecule is CCCC(S)CCOCC. The molecule has 0 heterocycles. The summed E-state index contributed by atoms with van der Waals surface area (Å²) >= 11 is 4.40. The van der Waals surface area contributed by atoms with Crippen LogP contribution in [-0.2, 0) is 4.74 Å². The Morgan fingerprint density at radius 2 is 2.00 bits per heavy atom. The molecule has 1 nitrogen and oxygen atoms in total. The Kier molecular flexibility index (Phi) is 7.65. The molecular weight excluding hydrogens is 144 g/mol. The number of rotatable bonds is 6. The fraction of sp³-hybridized carbons (Fsp3) is 1.00. The Labute approximate surface area is 69.6 Å². The average Bonchev–Trinajstić information content (AvgIpc) is 1.89. The van der Waals surface area contributed by atoms with Gasteiger partial charge in [-0.25, -0.2) is 0 Å². The molecule has 0 aromatic heterocycles. The van der Waals surface area contributed by atoms with Crippen molar-refractivity contribution in [2.24, 2.45) is 0 Å². The predicted octanol–water partition coefficient (Wildman–Crippen LogP) is 2.51. The van der Waals surface area contributed by atoms with Crippen LogP contribution in [0.2, 0.25) is 0 Å². The van der Waals surface area contributed by atoms with Crippen LogP contribution in [0.15, 0.2) is 0 Å². The Morgan fingerprint density at radius 3 is 2.50 bits per heavy atom. The van der Waals surface area contributed by atoms with Crippen molar-refractivity contribution in [1.29, 1.82) is 0 Å². The minimum atomic E-state index is 0.538. The van der Waals surface area contributed by atoms with Gasteiger partial charge in [-0.05, 0) is 19.8 Å². The zero-order chi connectivity index (χ0) is 7.82. The average molecular weight is 162 g/mol. The van der Waals surface area contributed by atoms with Crippen LogP contribution < -0.4 is 0 Å². The molecule has 0 saturated heterocycles. The first-order chi connectivity index (χ1) is 4.81. The van der Waals surface area contributed by atoms with Gasteiger partial charge in [0, 0.05) is 18.5 Å². The van der Waals surface area contributed by atoms with E-state index < -0.39 is 0 Å². The van der Waals surface area contributed by atoms with Crippen molar-refractivity contribution in [2.75, 3.05) is 13.2 Å². The van der Waals surface area contributed by atoms with E-state index in [1.165, 1.54) is 12.8 Å². The maximum atomic E-state index is 5.20. The van der Waals surface area contributed by atoms with Crippen LogP contribution >= 0.6 is 12.6 Å². The predicted molar refractivity (Wildman–Crippen MR) is 48.8 cm³/mol. The largest absolute Gasteiger partial charge is 0.382 e. The van der Waals surface area contributed by atoms with Crippen molar-refractivity contribution in [2.45, 2.75) is 38.4 Å². The first-order valence-electron chi connectivity index (χ1n) is 4.07. The van der Waals surface area contributed by atoms with Gasteiger partial charge in [-0.15, -0.1) is 0 Å². The third-order valence-electron chi connectivity index (χ3n) is 1.42. The molecule has 0 radical (unpaired) electrons. The molecule has 0 aromatic carbocycles. The fourth-order valence-electron chi connectivity index (χ4n) is 0.841. The van der Waals surface area contributed by atoms with E-state index in [1.54, 1.807) is 0 Å². The molecule has 0 rings (SSSR count). The molecule has 0 bridgehead atoms. The van der Waals surface area contributed by atoms with Crippen molar-refractivity contribution >= 4 is 12.6 Å². The summed E-state index contributed by atoms with van der Waals surface area (Å²) in [7, 11) is 0. The highest BCUT2D eigenvalue weighted by atomic mass is 32.1. The molecule has 2 heteroatoms. The molecule has 0 saturated carbocycles. The summed E-state index contributed by atoms with van der Waals surface area (Å²) < 4.78 is 5.20. The lowest BCUT2D eigenvalue weighted by Gasteiger charge is -2.07. The van der Waals surface area contributed by atoms with Gasteiger partial charge in [0.05, 0.1) is 0 Å². The van der Waals surface area contributed by atoms with E-state index in [2.05, 4.69) is 19.6 Å². The minimum absolute atomic E-state index is 0.538. The molecule has 0 amide bonds. The van der Waals surface area contributed by atoms with E-state index in [1.807, 2.05) is 6.92 Å². The van der Waals surface area contributed by atoms with Crippen LogP contribution in [0, 0.1) is 0 Å². The van der Waals surface area contributed by atoms with Crippen molar-refractivity contribution in [3.05, 3.63) is 0 Å². The smallest absolute Gasteiger partial charge is 0.0476 e. The van der Waals surface area contributed by atoms with Gasteiger partial charge in [-0.2, -0.15) is 12.6 Å². The zero-order valence-corrected chi connectivity index (χ0v) is 7.86. The molecule has 1 unspecified atom stereocenters. The number of hydrogen-bond acceptors (Lipinski definition) is 2. The zero-order valence-electron chi connectivity index (χ0n) is 6.97. The Hall–Kier alpha value is 0.310. The quantitative estimate of drug-likeness (QED) is 0.466. The maximum Gasteiger partial charge on any atom is 0.0476 e. The minimum Gasteiger partial charge on any atom is -0.382 e. The third-order valence-corrected chi connectivity index (χ3v) is 1.94. The fourth-order valence-corrected chi connectivity index (χ4v) is 1.20. The first-order valence-corrected chi connectivity index (χ1v) is 4.58. The summed E-state index contributed by atoms with van der Waals surface area (Å²) in [6.07, 6.45) is 3.52. The molecule has 62 valence electrons. The monoisotopic (exact) mass is 162 g/mol. The summed E-state index contributed by atoms with van der Waals surface area (Å²) in [5, 5.41) is 0.538. The summed E-state index contributed by atoms with van der Waals surface area (Å²) in [6, 6.07) is 0. The van der Waals surface area contributed by atoms with Crippen molar-refractivity contribution in [1.82, 2.24) is 0 Å². The molecule has 0 spiro atoms. The van der Waals surface area contributed by atoms with Crippen LogP contribution in [0.3, 0.4) is 0 Å². The van der Waals surface area contributed by atoms with E-state index in [4.69, 9.17) is 4.74 Å². The van der Waals surface area contributed by atoms with E-state index in [-0.39, 0.29) is 0 Å². The van der Waals surface area contributed by atoms with Gasteiger partial charge in [0.2, 0.25) is 0 Å². The lowest BCUT2D eigenvalue weighted by Crippen LogP contribution is -2.03. The van der Waals surface area contributed by atoms with Crippen molar-refractivity contribution in [3.63, 3.8) is 0 Å². The van der Waals surface area contributed by atoms with Crippen LogP contribution in [-0.4, -0.2) is 18.5 Å². The number of hydrogen-bond donors (Lipinski definition) is 1. The molecule has 10 heavy (non-hydrogen) atoms. The van der Waals surface area contributed by atoms with Gasteiger partial charge in [0.15, 0.2) is 0 Å². The first kappa shape index (κ1) is 10.3. The van der Waals surface area contributed by atoms with E-state index >= 15 is 0 Å². The van der Waals surface area contributed by atoms with Gasteiger partial charge in [0.25, 0.3) is 0 Å². The van der Waals surface area contributed by atoms with Gasteiger partial charge < -0.3 is 4.74 Å². The summed E-state index contributed by atoms with van der Waals surface area (Å²) in [4.78, 5) is 0. The lowest BCUT2D eigenvalue weighted by molar-refractivity contribution is 0.144. The van der Waals surface area contributed by atoms with Crippen LogP contribution in [0.5, 0.6) is 0 Å².